The van der Waals surface area contributed by atoms with Gasteiger partial charge < -0.3 is 91.5 Å². The predicted molar refractivity (Wildman–Crippen MR) is 533 cm³/mol. The first-order chi connectivity index (χ1) is 69.2. The number of nitrogens with one attached hydrogen (secondary N) is 4. The zero-order chi connectivity index (χ0) is 101. The lowest BCUT2D eigenvalue weighted by atomic mass is 9.72. The van der Waals surface area contributed by atoms with E-state index < -0.39 is 106 Å². The monoisotopic (exact) mass is 2010 g/mol. The number of thioether (sulfide) groups is 2. The maximum atomic E-state index is 15.3. The second-order valence-electron chi connectivity index (χ2n) is 39.6. The highest BCUT2D eigenvalue weighted by atomic mass is 32.2. The average molecular weight is 2010 g/mol. The Morgan fingerprint density at radius 3 is 1.20 bits per heavy atom. The van der Waals surface area contributed by atoms with Gasteiger partial charge in [-0.15, -0.1) is 23.5 Å². The Morgan fingerprint density at radius 1 is 0.434 bits per heavy atom. The maximum absolute atomic E-state index is 15.3. The van der Waals surface area contributed by atoms with Crippen LogP contribution in [0.4, 0.5) is 0 Å². The van der Waals surface area contributed by atoms with Gasteiger partial charge in [0.2, 0.25) is 13.6 Å². The summed E-state index contributed by atoms with van der Waals surface area (Å²) in [6.45, 7) is 19.0. The molecule has 2 spiro atoms. The summed E-state index contributed by atoms with van der Waals surface area (Å²) < 4.78 is 99.2. The number of nitriles is 1. The first-order valence-corrected chi connectivity index (χ1v) is 53.5. The van der Waals surface area contributed by atoms with E-state index >= 15 is 9.59 Å². The van der Waals surface area contributed by atoms with Crippen molar-refractivity contribution in [1.82, 2.24) is 31.1 Å². The van der Waals surface area contributed by atoms with Gasteiger partial charge in [0.1, 0.15) is 37.0 Å². The van der Waals surface area contributed by atoms with Gasteiger partial charge >= 0.3 is 47.8 Å². The van der Waals surface area contributed by atoms with Crippen LogP contribution in [0.15, 0.2) is 36.4 Å². The Bertz CT molecular complexity index is 5900. The van der Waals surface area contributed by atoms with Crippen molar-refractivity contribution in [2.24, 2.45) is 0 Å². The quantitative estimate of drug-likeness (QED) is 0.0142. The third-order valence-electron chi connectivity index (χ3n) is 30.4. The van der Waals surface area contributed by atoms with Crippen molar-refractivity contribution in [3.8, 4) is 86.6 Å². The number of esters is 8. The standard InChI is InChI=1S/C55H68N4O12S.C54H69N3O13S/c1-8-10-12-14-16-18-41(61)70-40-24-33-20-21-57-55(35(33)25-39(40)64-6)28-72-53-45-44(51-50(67-29-68-51)31(4)49(45)69-32(5)60)38(27-66-54(55)63)59-37(26-56)36-23-34-22-30(3)48(65-7)52(43(34)46(58-36)47(53)59)71-42(62)19-17-15-13-11-9-2;1-8-10-12-14-16-18-39(59)69-38-24-32-20-21-55-54(34(32)25-37(38)63-6)27-71-51-43-42(49-48(66-28-67-49)30(4)47(43)68-31(5)58)36(26-65-53(54)62)57-45(51)44-41-33(23-35(56-44)52(57)61)22-29(3)46(64-7)50(41)70-40(60)19-17-15-13-11-9-2/h22,24-25,36-38,46-47,53,57-58H,8-21,23,27-29H2,1-7H3;22,24-25,35-36,44-45,51-52,55-56,61H,8-21,23,26-28H2,1-7H3/t36-,37-,38-,46+,47?,53+,55+;35-,36-,44+,45?,51+,52-,54+/m00/s1. The molecule has 0 saturated carbocycles. The molecule has 4 saturated heterocycles. The Kier molecular flexibility index (Phi) is 32.8. The molecule has 770 valence electrons. The van der Waals surface area contributed by atoms with Gasteiger partial charge in [-0.2, -0.15) is 5.26 Å². The van der Waals surface area contributed by atoms with Crippen LogP contribution in [0.1, 0.15) is 319 Å². The van der Waals surface area contributed by atoms with Gasteiger partial charge in [0.25, 0.3) is 0 Å². The summed E-state index contributed by atoms with van der Waals surface area (Å²) in [4.78, 5) is 115. The summed E-state index contributed by atoms with van der Waals surface area (Å²) in [5.74, 6) is 1.70. The number of aliphatic hydroxyl groups excluding tert-OH is 1. The van der Waals surface area contributed by atoms with E-state index in [0.717, 1.165) is 160 Å². The molecule has 34 heteroatoms. The number of ether oxygens (including phenoxy) is 16. The highest BCUT2D eigenvalue weighted by Crippen LogP contribution is 2.67. The lowest BCUT2D eigenvalue weighted by Crippen LogP contribution is -2.70. The van der Waals surface area contributed by atoms with Crippen LogP contribution in [0.3, 0.4) is 0 Å². The first kappa shape index (κ1) is 104. The van der Waals surface area contributed by atoms with Gasteiger partial charge in [0.05, 0.1) is 75.2 Å². The van der Waals surface area contributed by atoms with E-state index in [1.165, 1.54) is 51.6 Å². The number of unbranched alkanes of at least 4 members (excludes halogenated alkanes) is 16. The molecule has 143 heavy (non-hydrogen) atoms. The summed E-state index contributed by atoms with van der Waals surface area (Å²) >= 11 is 2.93. The molecule has 0 amide bonds. The second kappa shape index (κ2) is 45.2. The molecule has 5 N–H and O–H groups in total. The minimum atomic E-state index is -1.44. The van der Waals surface area contributed by atoms with Crippen LogP contribution in [0.2, 0.25) is 0 Å². The molecule has 8 bridgehead atoms. The molecular formula is C109H137N7O25S2. The van der Waals surface area contributed by atoms with Crippen LogP contribution >= 0.6 is 23.5 Å². The van der Waals surface area contributed by atoms with Crippen molar-refractivity contribution < 1.29 is 119 Å². The van der Waals surface area contributed by atoms with Crippen molar-refractivity contribution in [2.75, 3.05) is 79.8 Å². The van der Waals surface area contributed by atoms with Gasteiger partial charge in [-0.3, -0.25) is 49.2 Å². The van der Waals surface area contributed by atoms with Gasteiger partial charge in [-0.25, -0.2) is 9.59 Å². The number of benzene rings is 6. The molecule has 0 radical (unpaired) electrons. The smallest absolute Gasteiger partial charge is 0.331 e. The fourth-order valence-electron chi connectivity index (χ4n) is 23.8. The molecule has 32 nitrogen and oxygen atoms in total. The molecule has 0 aromatic heterocycles. The van der Waals surface area contributed by atoms with E-state index in [-0.39, 0.29) is 99.4 Å². The van der Waals surface area contributed by atoms with E-state index in [1.54, 1.807) is 38.5 Å². The normalized spacial score (nSPS) is 24.6. The topological polar surface area (TPSA) is 383 Å². The van der Waals surface area contributed by atoms with Crippen molar-refractivity contribution in [3.63, 3.8) is 0 Å². The van der Waals surface area contributed by atoms with Gasteiger partial charge in [-0.05, 0) is 148 Å². The summed E-state index contributed by atoms with van der Waals surface area (Å²) in [5.41, 5.74) is 8.57. The minimum Gasteiger partial charge on any atom is -0.493 e. The highest BCUT2D eigenvalue weighted by molar-refractivity contribution is 7.99. The molecule has 14 aliphatic heterocycles. The summed E-state index contributed by atoms with van der Waals surface area (Å²) in [7, 11) is 6.16. The number of methoxy groups -OCH3 is 4. The lowest BCUT2D eigenvalue weighted by Gasteiger charge is -2.59. The molecule has 6 aromatic rings. The first-order valence-electron chi connectivity index (χ1n) is 51.4. The molecule has 4 fully saturated rings. The fourth-order valence-corrected chi connectivity index (χ4v) is 27.3. The number of carbonyl (C=O) groups is 8. The van der Waals surface area contributed by atoms with Crippen LogP contribution in [0.25, 0.3) is 0 Å². The minimum absolute atomic E-state index is 0.0863. The molecule has 2 unspecified atom stereocenters. The van der Waals surface area contributed by atoms with Crippen molar-refractivity contribution in [2.45, 2.75) is 331 Å². The number of nitrogens with zero attached hydrogens (tertiary/aromatic N) is 3. The van der Waals surface area contributed by atoms with Gasteiger partial charge in [0, 0.05) is 127 Å². The Morgan fingerprint density at radius 2 is 0.811 bits per heavy atom. The number of fused-ring (bicyclic) bond motifs is 18. The number of aryl methyl sites for hydroxylation is 2. The van der Waals surface area contributed by atoms with Gasteiger partial charge in [0.15, 0.2) is 80.1 Å². The Balaban J connectivity index is 0.000000196. The number of piperazine rings is 2. The summed E-state index contributed by atoms with van der Waals surface area (Å²) in [5, 5.41) is 37.6. The van der Waals surface area contributed by atoms with Crippen LogP contribution in [0.5, 0.6) is 80.5 Å². The lowest BCUT2D eigenvalue weighted by molar-refractivity contribution is -0.164. The molecule has 14 aliphatic rings. The van der Waals surface area contributed by atoms with Gasteiger partial charge in [-0.1, -0.05) is 143 Å². The summed E-state index contributed by atoms with van der Waals surface area (Å²) in [6, 6.07) is 8.18. The van der Waals surface area contributed by atoms with E-state index in [0.29, 0.717) is 165 Å². The third-order valence-corrected chi connectivity index (χ3v) is 33.4. The molecule has 0 aliphatic carbocycles. The Hall–Kier alpha value is -10.6. The number of carbonyl (C=O) groups excluding carboxylic acids is 8. The average Bonchev–Trinajstić information content (AvgIpc) is 1.60. The van der Waals surface area contributed by atoms with Crippen LogP contribution in [-0.4, -0.2) is 179 Å². The van der Waals surface area contributed by atoms with Crippen LogP contribution < -0.4 is 87.6 Å². The van der Waals surface area contributed by atoms with Crippen LogP contribution in [0, 0.1) is 39.0 Å². The van der Waals surface area contributed by atoms with Crippen LogP contribution in [-0.2, 0) is 84.6 Å². The molecular weight excluding hydrogens is 1870 g/mol. The molecule has 14 heterocycles. The highest BCUT2D eigenvalue weighted by Gasteiger charge is 2.64. The largest absolute Gasteiger partial charge is 0.493 e. The SMILES string of the molecule is CCCCCCCC(=O)Oc1cc2c(cc1OC)[C@@]1(CS[C@@H]3c4c(OC(C)=O)c(C)c5c(c4[C@H](COC1=O)N1C3[C@@H]3N[C@@H](Cc4cc(C)c(OC)c(OC(=O)CCCCCCC)c43)[C@@H]1C#N)OCO5)NCC2.CCCCCCCC(=O)Oc1cc2c(cc1OC)[C@@]1(CS[C@@H]3c4c(OC(C)=O)c(C)c5c(c4[C@H](COC1=O)N1C3[C@@H]3N[C@@H](Cc4cc(C)c(OC)c(OC(=O)CCCCCCC)c43)[C@@H]1O)OCO5)NCC2. The Labute approximate surface area is 845 Å². The predicted octanol–water partition coefficient (Wildman–Crippen LogP) is 17.0. The molecule has 14 atom stereocenters. The number of aliphatic hydroxyl groups is 1. The van der Waals surface area contributed by atoms with Crippen molar-refractivity contribution in [3.05, 3.63) is 125 Å². The van der Waals surface area contributed by atoms with Crippen molar-refractivity contribution >= 4 is 71.3 Å². The van der Waals surface area contributed by atoms with E-state index in [2.05, 4.69) is 72.1 Å². The van der Waals surface area contributed by atoms with E-state index in [4.69, 9.17) is 75.8 Å². The summed E-state index contributed by atoms with van der Waals surface area (Å²) in [6.07, 6.45) is 21.4. The maximum Gasteiger partial charge on any atom is 0.331 e. The second-order valence-corrected chi connectivity index (χ2v) is 41.9. The third kappa shape index (κ3) is 20.0. The number of rotatable bonds is 34. The fraction of sp³-hybridized carbons (Fsp3) is 0.587. The zero-order valence-electron chi connectivity index (χ0n) is 84.8. The molecule has 20 rings (SSSR count). The number of hydrogen-bond acceptors (Lipinski definition) is 34. The van der Waals surface area contributed by atoms with E-state index in [1.807, 2.05) is 32.6 Å². The number of hydrogen-bond donors (Lipinski definition) is 5. The van der Waals surface area contributed by atoms with E-state index in [9.17, 15) is 39.1 Å². The zero-order valence-corrected chi connectivity index (χ0v) is 86.4. The molecule has 6 aromatic carbocycles. The van der Waals surface area contributed by atoms with Crippen molar-refractivity contribution in [1.29, 1.82) is 5.26 Å².